The second-order valence-corrected chi connectivity index (χ2v) is 5.85. The lowest BCUT2D eigenvalue weighted by atomic mass is 10.1. The number of aliphatic imine (C=N–C) groups is 1. The normalized spacial score (nSPS) is 11.2. The zero-order valence-corrected chi connectivity index (χ0v) is 15.3. The summed E-state index contributed by atoms with van der Waals surface area (Å²) in [5.41, 5.74) is 9.75. The molecule has 0 spiro atoms. The smallest absolute Gasteiger partial charge is 0.326 e. The summed E-state index contributed by atoms with van der Waals surface area (Å²) in [6.45, 7) is 5.33. The molecular formula is C20H26N4O2. The number of nitrogens with zero attached hydrogens (tertiary/aromatic N) is 1. The van der Waals surface area contributed by atoms with Crippen molar-refractivity contribution in [1.82, 2.24) is 5.32 Å². The van der Waals surface area contributed by atoms with Crippen LogP contribution in [0.3, 0.4) is 0 Å². The van der Waals surface area contributed by atoms with Crippen LogP contribution < -0.4 is 16.4 Å². The number of carbonyl (C=O) groups excluding carboxylic acids is 1. The number of para-hydroxylation sites is 1. The van der Waals surface area contributed by atoms with E-state index in [1.54, 1.807) is 0 Å². The topological polar surface area (TPSA) is 88.7 Å². The van der Waals surface area contributed by atoms with Crippen LogP contribution in [-0.4, -0.2) is 25.1 Å². The van der Waals surface area contributed by atoms with Crippen LogP contribution in [0, 0.1) is 6.92 Å². The second kappa shape index (κ2) is 10.2. The van der Waals surface area contributed by atoms with Crippen molar-refractivity contribution in [3.05, 3.63) is 65.2 Å². The second-order valence-electron chi connectivity index (χ2n) is 5.85. The van der Waals surface area contributed by atoms with E-state index in [9.17, 15) is 4.79 Å². The average Bonchev–Trinajstić information content (AvgIpc) is 2.64. The van der Waals surface area contributed by atoms with E-state index in [0.29, 0.717) is 19.8 Å². The Morgan fingerprint density at radius 2 is 1.92 bits per heavy atom. The van der Waals surface area contributed by atoms with E-state index in [1.165, 1.54) is 0 Å². The average molecular weight is 354 g/mol. The van der Waals surface area contributed by atoms with Gasteiger partial charge in [-0.25, -0.2) is 4.79 Å². The molecule has 2 aromatic carbocycles. The van der Waals surface area contributed by atoms with Crippen molar-refractivity contribution in [2.75, 3.05) is 18.5 Å². The standard InChI is InChI=1S/C20H26N4O2/c1-3-17-11-7-8-15(2)18(17)23-20(25)24-19(21)22-12-13-26-14-16-9-5-4-6-10-16/h4-11H,3,12-14H2,1-2H3,(H4,21,22,23,24,25). The molecule has 0 radical (unpaired) electrons. The first-order chi connectivity index (χ1) is 12.6. The minimum atomic E-state index is -0.402. The van der Waals surface area contributed by atoms with Gasteiger partial charge in [0.25, 0.3) is 0 Å². The van der Waals surface area contributed by atoms with Crippen molar-refractivity contribution < 1.29 is 9.53 Å². The first-order valence-corrected chi connectivity index (χ1v) is 8.68. The number of anilines is 1. The maximum atomic E-state index is 12.1. The number of rotatable bonds is 7. The molecule has 26 heavy (non-hydrogen) atoms. The SMILES string of the molecule is CCc1cccc(C)c1NC(=O)NC(N)=NCCOCc1ccccc1. The molecule has 0 saturated carbocycles. The fourth-order valence-electron chi connectivity index (χ4n) is 2.50. The van der Waals surface area contributed by atoms with Crippen LogP contribution in [0.4, 0.5) is 10.5 Å². The summed E-state index contributed by atoms with van der Waals surface area (Å²) in [4.78, 5) is 16.2. The maximum Gasteiger partial charge on any atom is 0.326 e. The quantitative estimate of drug-likeness (QED) is 0.405. The first-order valence-electron chi connectivity index (χ1n) is 8.68. The number of urea groups is 1. The van der Waals surface area contributed by atoms with Gasteiger partial charge in [-0.1, -0.05) is 55.5 Å². The van der Waals surface area contributed by atoms with Crippen molar-refractivity contribution >= 4 is 17.7 Å². The van der Waals surface area contributed by atoms with Crippen LogP contribution in [0.1, 0.15) is 23.6 Å². The number of aryl methyl sites for hydroxylation is 2. The first kappa shape index (κ1) is 19.5. The fourth-order valence-corrected chi connectivity index (χ4v) is 2.50. The van der Waals surface area contributed by atoms with Gasteiger partial charge in [-0.3, -0.25) is 10.3 Å². The molecule has 0 aliphatic heterocycles. The number of nitrogens with two attached hydrogens (primary N) is 1. The van der Waals surface area contributed by atoms with E-state index in [0.717, 1.165) is 28.8 Å². The number of carbonyl (C=O) groups is 1. The third kappa shape index (κ3) is 6.22. The number of benzene rings is 2. The van der Waals surface area contributed by atoms with Crippen molar-refractivity contribution in [3.8, 4) is 0 Å². The molecule has 0 atom stereocenters. The van der Waals surface area contributed by atoms with Crippen LogP contribution in [0.5, 0.6) is 0 Å². The number of hydrogen-bond donors (Lipinski definition) is 3. The lowest BCUT2D eigenvalue weighted by molar-refractivity contribution is 0.128. The Bertz CT molecular complexity index is 745. The summed E-state index contributed by atoms with van der Waals surface area (Å²) >= 11 is 0. The fraction of sp³-hybridized carbons (Fsp3) is 0.300. The zero-order chi connectivity index (χ0) is 18.8. The van der Waals surface area contributed by atoms with E-state index < -0.39 is 6.03 Å². The van der Waals surface area contributed by atoms with Crippen LogP contribution in [0.15, 0.2) is 53.5 Å². The molecule has 6 heteroatoms. The van der Waals surface area contributed by atoms with Crippen LogP contribution in [0.25, 0.3) is 0 Å². The summed E-state index contributed by atoms with van der Waals surface area (Å²) in [5, 5.41) is 5.38. The predicted molar refractivity (Wildman–Crippen MR) is 105 cm³/mol. The molecule has 0 bridgehead atoms. The zero-order valence-electron chi connectivity index (χ0n) is 15.3. The number of nitrogens with one attached hydrogen (secondary N) is 2. The number of hydrogen-bond acceptors (Lipinski definition) is 3. The molecule has 4 N–H and O–H groups in total. The minimum Gasteiger partial charge on any atom is -0.375 e. The van der Waals surface area contributed by atoms with Gasteiger partial charge in [-0.15, -0.1) is 0 Å². The molecular weight excluding hydrogens is 328 g/mol. The van der Waals surface area contributed by atoms with Crippen molar-refractivity contribution in [2.24, 2.45) is 10.7 Å². The molecule has 6 nitrogen and oxygen atoms in total. The molecule has 2 amide bonds. The number of guanidine groups is 1. The van der Waals surface area contributed by atoms with E-state index in [-0.39, 0.29) is 5.96 Å². The molecule has 0 aliphatic rings. The van der Waals surface area contributed by atoms with Crippen LogP contribution in [0.2, 0.25) is 0 Å². The highest BCUT2D eigenvalue weighted by Crippen LogP contribution is 2.20. The highest BCUT2D eigenvalue weighted by Gasteiger charge is 2.09. The molecule has 0 aromatic heterocycles. The molecule has 0 saturated heterocycles. The molecule has 2 aromatic rings. The highest BCUT2D eigenvalue weighted by atomic mass is 16.5. The van der Waals surface area contributed by atoms with Crippen molar-refractivity contribution in [1.29, 1.82) is 0 Å². The van der Waals surface area contributed by atoms with Gasteiger partial charge in [0.05, 0.1) is 19.8 Å². The Kier molecular flexibility index (Phi) is 7.64. The monoisotopic (exact) mass is 354 g/mol. The van der Waals surface area contributed by atoms with Crippen molar-refractivity contribution in [2.45, 2.75) is 26.9 Å². The van der Waals surface area contributed by atoms with Gasteiger partial charge in [-0.2, -0.15) is 0 Å². The lowest BCUT2D eigenvalue weighted by Crippen LogP contribution is -2.40. The van der Waals surface area contributed by atoms with Gasteiger partial charge in [0.1, 0.15) is 0 Å². The summed E-state index contributed by atoms with van der Waals surface area (Å²) in [6, 6.07) is 15.4. The van der Waals surface area contributed by atoms with Gasteiger partial charge >= 0.3 is 6.03 Å². The molecule has 2 rings (SSSR count). The molecule has 0 fully saturated rings. The molecule has 0 aliphatic carbocycles. The maximum absolute atomic E-state index is 12.1. The molecule has 0 unspecified atom stereocenters. The predicted octanol–water partition coefficient (Wildman–Crippen LogP) is 3.21. The van der Waals surface area contributed by atoms with Gasteiger partial charge in [0, 0.05) is 5.69 Å². The summed E-state index contributed by atoms with van der Waals surface area (Å²) in [7, 11) is 0. The summed E-state index contributed by atoms with van der Waals surface area (Å²) < 4.78 is 5.53. The molecule has 0 heterocycles. The third-order valence-electron chi connectivity index (χ3n) is 3.85. The molecule has 138 valence electrons. The lowest BCUT2D eigenvalue weighted by Gasteiger charge is -2.13. The Hall–Kier alpha value is -2.86. The Morgan fingerprint density at radius 3 is 2.65 bits per heavy atom. The van der Waals surface area contributed by atoms with Crippen LogP contribution >= 0.6 is 0 Å². The Morgan fingerprint density at radius 1 is 1.15 bits per heavy atom. The van der Waals surface area contributed by atoms with Gasteiger partial charge < -0.3 is 15.8 Å². The summed E-state index contributed by atoms with van der Waals surface area (Å²) in [5.74, 6) is 0.0671. The Balaban J connectivity index is 1.75. The van der Waals surface area contributed by atoms with Gasteiger partial charge in [0.15, 0.2) is 5.96 Å². The summed E-state index contributed by atoms with van der Waals surface area (Å²) in [6.07, 6.45) is 0.833. The van der Waals surface area contributed by atoms with Gasteiger partial charge in [0.2, 0.25) is 0 Å². The third-order valence-corrected chi connectivity index (χ3v) is 3.85. The van der Waals surface area contributed by atoms with E-state index in [4.69, 9.17) is 10.5 Å². The van der Waals surface area contributed by atoms with Gasteiger partial charge in [-0.05, 0) is 30.0 Å². The van der Waals surface area contributed by atoms with E-state index in [2.05, 4.69) is 15.6 Å². The van der Waals surface area contributed by atoms with E-state index in [1.807, 2.05) is 62.4 Å². The van der Waals surface area contributed by atoms with Crippen LogP contribution in [-0.2, 0) is 17.8 Å². The largest absolute Gasteiger partial charge is 0.375 e. The highest BCUT2D eigenvalue weighted by molar-refractivity contribution is 6.02. The van der Waals surface area contributed by atoms with Crippen molar-refractivity contribution in [3.63, 3.8) is 0 Å². The number of ether oxygens (including phenoxy) is 1. The Labute approximate surface area is 154 Å². The minimum absolute atomic E-state index is 0.0671. The number of amides is 2. The van der Waals surface area contributed by atoms with E-state index >= 15 is 0 Å².